The zero-order chi connectivity index (χ0) is 13.2. The number of benzene rings is 2. The van der Waals surface area contributed by atoms with Crippen LogP contribution >= 0.6 is 15.9 Å². The Morgan fingerprint density at radius 3 is 2.32 bits per heavy atom. The summed E-state index contributed by atoms with van der Waals surface area (Å²) in [5.74, 6) is 0.729. The fourth-order valence-corrected chi connectivity index (χ4v) is 1.89. The van der Waals surface area contributed by atoms with E-state index in [1.807, 2.05) is 24.3 Å². The van der Waals surface area contributed by atoms with Gasteiger partial charge in [-0.15, -0.1) is 15.0 Å². The third-order valence-electron chi connectivity index (χ3n) is 2.60. The zero-order valence-electron chi connectivity index (χ0n) is 9.73. The maximum atomic E-state index is 9.25. The van der Waals surface area contributed by atoms with E-state index in [-0.39, 0.29) is 5.75 Å². The first-order chi connectivity index (χ1) is 9.22. The van der Waals surface area contributed by atoms with E-state index in [4.69, 9.17) is 0 Å². The van der Waals surface area contributed by atoms with Crippen molar-refractivity contribution >= 4 is 15.9 Å². The number of phenolic OH excluding ortho intramolecular Hbond substituents is 1. The molecular weight excluding hydrogens is 308 g/mol. The summed E-state index contributed by atoms with van der Waals surface area (Å²) in [5, 5.41) is 21.6. The molecule has 0 fully saturated rings. The second kappa shape index (κ2) is 4.81. The molecule has 6 heteroatoms. The number of tetrazole rings is 1. The Labute approximate surface area is 117 Å². The van der Waals surface area contributed by atoms with Crippen LogP contribution in [0.2, 0.25) is 0 Å². The van der Waals surface area contributed by atoms with Gasteiger partial charge in [0.25, 0.3) is 0 Å². The number of aromatic hydroxyl groups is 1. The molecule has 0 unspecified atom stereocenters. The summed E-state index contributed by atoms with van der Waals surface area (Å²) in [4.78, 5) is 1.47. The van der Waals surface area contributed by atoms with Crippen LogP contribution in [0.25, 0.3) is 17.1 Å². The van der Waals surface area contributed by atoms with E-state index in [2.05, 4.69) is 31.3 Å². The molecule has 0 radical (unpaired) electrons. The number of phenols is 1. The Bertz CT molecular complexity index is 631. The fourth-order valence-electron chi connectivity index (χ4n) is 1.62. The molecule has 1 aromatic heterocycles. The monoisotopic (exact) mass is 316 g/mol. The third kappa shape index (κ3) is 2.48. The zero-order valence-corrected chi connectivity index (χ0v) is 11.3. The first-order valence-corrected chi connectivity index (χ1v) is 6.37. The minimum Gasteiger partial charge on any atom is -0.508 e. The van der Waals surface area contributed by atoms with Gasteiger partial charge in [-0.05, 0) is 53.7 Å². The Kier molecular flexibility index (Phi) is 3.00. The second-order valence-electron chi connectivity index (χ2n) is 3.93. The van der Waals surface area contributed by atoms with Crippen molar-refractivity contribution in [2.45, 2.75) is 0 Å². The van der Waals surface area contributed by atoms with E-state index in [0.29, 0.717) is 5.82 Å². The lowest BCUT2D eigenvalue weighted by Gasteiger charge is -1.97. The lowest BCUT2D eigenvalue weighted by atomic mass is 10.2. The smallest absolute Gasteiger partial charge is 0.205 e. The van der Waals surface area contributed by atoms with Crippen LogP contribution in [0.1, 0.15) is 0 Å². The van der Waals surface area contributed by atoms with Crippen molar-refractivity contribution in [2.75, 3.05) is 0 Å². The summed E-state index contributed by atoms with van der Waals surface area (Å²) in [6, 6.07) is 14.3. The van der Waals surface area contributed by atoms with Gasteiger partial charge < -0.3 is 5.11 Å². The number of hydrogen-bond donors (Lipinski definition) is 1. The van der Waals surface area contributed by atoms with Crippen LogP contribution in [0, 0.1) is 0 Å². The van der Waals surface area contributed by atoms with E-state index < -0.39 is 0 Å². The van der Waals surface area contributed by atoms with Crippen LogP contribution in [-0.4, -0.2) is 25.3 Å². The van der Waals surface area contributed by atoms with E-state index in [9.17, 15) is 5.11 Å². The summed E-state index contributed by atoms with van der Waals surface area (Å²) in [6.07, 6.45) is 0. The number of rotatable bonds is 2. The highest BCUT2D eigenvalue weighted by atomic mass is 79.9. The number of halogens is 1. The summed E-state index contributed by atoms with van der Waals surface area (Å²) in [5.41, 5.74) is 1.64. The number of nitrogens with zero attached hydrogens (tertiary/aromatic N) is 4. The molecule has 3 aromatic rings. The van der Waals surface area contributed by atoms with Crippen molar-refractivity contribution < 1.29 is 5.11 Å². The van der Waals surface area contributed by atoms with E-state index in [1.165, 1.54) is 4.80 Å². The van der Waals surface area contributed by atoms with Crippen molar-refractivity contribution in [3.63, 3.8) is 0 Å². The van der Waals surface area contributed by atoms with Crippen LogP contribution in [0.4, 0.5) is 0 Å². The molecule has 0 aliphatic carbocycles. The van der Waals surface area contributed by atoms with Crippen molar-refractivity contribution in [3.05, 3.63) is 53.0 Å². The molecule has 0 amide bonds. The summed E-state index contributed by atoms with van der Waals surface area (Å²) in [6.45, 7) is 0. The third-order valence-corrected chi connectivity index (χ3v) is 3.13. The molecule has 1 N–H and O–H groups in total. The molecule has 5 nitrogen and oxygen atoms in total. The Morgan fingerprint density at radius 1 is 0.947 bits per heavy atom. The van der Waals surface area contributed by atoms with Gasteiger partial charge in [0.05, 0.1) is 5.69 Å². The molecule has 2 aromatic carbocycles. The molecule has 3 rings (SSSR count). The van der Waals surface area contributed by atoms with Crippen molar-refractivity contribution in [1.82, 2.24) is 20.2 Å². The molecule has 0 aliphatic rings. The van der Waals surface area contributed by atoms with Crippen LogP contribution < -0.4 is 0 Å². The van der Waals surface area contributed by atoms with Crippen molar-refractivity contribution in [1.29, 1.82) is 0 Å². The predicted molar refractivity (Wildman–Crippen MR) is 74.0 cm³/mol. The van der Waals surface area contributed by atoms with Crippen LogP contribution in [0.15, 0.2) is 53.0 Å². The van der Waals surface area contributed by atoms with E-state index >= 15 is 0 Å². The maximum absolute atomic E-state index is 9.25. The first kappa shape index (κ1) is 11.9. The summed E-state index contributed by atoms with van der Waals surface area (Å²) >= 11 is 3.38. The molecule has 0 spiro atoms. The molecule has 0 saturated carbocycles. The predicted octanol–water partition coefficient (Wildman–Crippen LogP) is 2.80. The molecule has 0 atom stereocenters. The van der Waals surface area contributed by atoms with Crippen molar-refractivity contribution in [3.8, 4) is 22.8 Å². The summed E-state index contributed by atoms with van der Waals surface area (Å²) in [7, 11) is 0. The van der Waals surface area contributed by atoms with Gasteiger partial charge >= 0.3 is 0 Å². The van der Waals surface area contributed by atoms with Gasteiger partial charge in [0.15, 0.2) is 0 Å². The molecule has 0 aliphatic heterocycles. The van der Waals surface area contributed by atoms with E-state index in [1.54, 1.807) is 24.3 Å². The average Bonchev–Trinajstić information content (AvgIpc) is 2.90. The molecule has 94 valence electrons. The van der Waals surface area contributed by atoms with Crippen LogP contribution in [0.5, 0.6) is 5.75 Å². The average molecular weight is 317 g/mol. The highest BCUT2D eigenvalue weighted by molar-refractivity contribution is 9.10. The van der Waals surface area contributed by atoms with Gasteiger partial charge in [-0.1, -0.05) is 15.9 Å². The minimum atomic E-state index is 0.212. The highest BCUT2D eigenvalue weighted by Crippen LogP contribution is 2.18. The van der Waals surface area contributed by atoms with Crippen LogP contribution in [0.3, 0.4) is 0 Å². The topological polar surface area (TPSA) is 63.8 Å². The summed E-state index contributed by atoms with van der Waals surface area (Å²) < 4.78 is 0.995. The highest BCUT2D eigenvalue weighted by Gasteiger charge is 2.07. The number of hydrogen-bond acceptors (Lipinski definition) is 4. The molecule has 0 bridgehead atoms. The fraction of sp³-hybridized carbons (Fsp3) is 0. The Hall–Kier alpha value is -2.21. The normalized spacial score (nSPS) is 10.6. The van der Waals surface area contributed by atoms with Gasteiger partial charge in [-0.2, -0.15) is 0 Å². The SMILES string of the molecule is Oc1ccc(-c2nnn(-c3ccc(Br)cc3)n2)cc1. The van der Waals surface area contributed by atoms with Gasteiger partial charge in [-0.3, -0.25) is 0 Å². The Balaban J connectivity index is 1.95. The molecule has 1 heterocycles. The molecule has 19 heavy (non-hydrogen) atoms. The van der Waals surface area contributed by atoms with Gasteiger partial charge in [0.1, 0.15) is 5.75 Å². The first-order valence-electron chi connectivity index (χ1n) is 5.58. The maximum Gasteiger partial charge on any atom is 0.205 e. The van der Waals surface area contributed by atoms with Gasteiger partial charge in [0.2, 0.25) is 5.82 Å². The van der Waals surface area contributed by atoms with Gasteiger partial charge in [-0.25, -0.2) is 0 Å². The standard InChI is InChI=1S/C13H9BrN4O/c14-10-3-5-11(6-4-10)18-16-13(15-17-18)9-1-7-12(19)8-2-9/h1-8,19H. The molecule has 0 saturated heterocycles. The number of aromatic nitrogens is 4. The lowest BCUT2D eigenvalue weighted by molar-refractivity contribution is 0.475. The van der Waals surface area contributed by atoms with Crippen LogP contribution in [-0.2, 0) is 0 Å². The quantitative estimate of drug-likeness (QED) is 0.789. The Morgan fingerprint density at radius 2 is 1.63 bits per heavy atom. The molecular formula is C13H9BrN4O. The van der Waals surface area contributed by atoms with Crippen molar-refractivity contribution in [2.24, 2.45) is 0 Å². The minimum absolute atomic E-state index is 0.212. The lowest BCUT2D eigenvalue weighted by Crippen LogP contribution is -1.98. The second-order valence-corrected chi connectivity index (χ2v) is 4.84. The van der Waals surface area contributed by atoms with E-state index in [0.717, 1.165) is 15.7 Å². The largest absolute Gasteiger partial charge is 0.508 e. The van der Waals surface area contributed by atoms with Gasteiger partial charge in [0, 0.05) is 10.0 Å².